The minimum atomic E-state index is -0.874. The maximum absolute atomic E-state index is 11.8. The van der Waals surface area contributed by atoms with E-state index in [2.05, 4.69) is 5.32 Å². The molecule has 0 saturated carbocycles. The number of nitrogens with zero attached hydrogens (tertiary/aromatic N) is 1. The summed E-state index contributed by atoms with van der Waals surface area (Å²) in [5, 5.41) is 11.3. The fourth-order valence-electron chi connectivity index (χ4n) is 1.86. The van der Waals surface area contributed by atoms with Gasteiger partial charge in [0.25, 0.3) is 0 Å². The van der Waals surface area contributed by atoms with Gasteiger partial charge in [0.1, 0.15) is 0 Å². The number of hydrogen-bond donors (Lipinski definition) is 2. The van der Waals surface area contributed by atoms with Crippen molar-refractivity contribution in [3.8, 4) is 0 Å². The average molecular weight is 318 g/mol. The van der Waals surface area contributed by atoms with Crippen molar-refractivity contribution in [3.05, 3.63) is 0 Å². The first kappa shape index (κ1) is 17.8. The highest BCUT2D eigenvalue weighted by molar-refractivity contribution is 8.00. The van der Waals surface area contributed by atoms with Gasteiger partial charge in [0.15, 0.2) is 0 Å². The number of carboxylic acid groups (broad SMARTS) is 1. The molecule has 1 rings (SSSR count). The third-order valence-corrected chi connectivity index (χ3v) is 3.94. The van der Waals surface area contributed by atoms with E-state index in [1.165, 1.54) is 11.8 Å². The van der Waals surface area contributed by atoms with Crippen molar-refractivity contribution in [1.82, 2.24) is 10.2 Å². The van der Waals surface area contributed by atoms with Crippen LogP contribution in [0.4, 0.5) is 0 Å². The highest BCUT2D eigenvalue weighted by atomic mass is 32.2. The molecule has 0 spiro atoms. The fourth-order valence-corrected chi connectivity index (χ4v) is 2.59. The van der Waals surface area contributed by atoms with Gasteiger partial charge in [0.05, 0.1) is 24.7 Å². The van der Waals surface area contributed by atoms with Crippen LogP contribution in [0.1, 0.15) is 19.8 Å². The van der Waals surface area contributed by atoms with Gasteiger partial charge in [-0.15, -0.1) is 11.8 Å². The van der Waals surface area contributed by atoms with Crippen molar-refractivity contribution in [2.75, 3.05) is 37.8 Å². The summed E-state index contributed by atoms with van der Waals surface area (Å²) in [7, 11) is 0. The standard InChI is InChI=1S/C13H22N2O5S/c1-10(2-3-13(18)19)14-11(16)8-21-9-12(17)15-4-6-20-7-5-15/h10H,2-9H2,1H3,(H,14,16)(H,18,19). The molecule has 1 fully saturated rings. The molecule has 1 aliphatic heterocycles. The lowest BCUT2D eigenvalue weighted by Crippen LogP contribution is -2.42. The van der Waals surface area contributed by atoms with Gasteiger partial charge >= 0.3 is 5.97 Å². The van der Waals surface area contributed by atoms with Crippen LogP contribution in [0.5, 0.6) is 0 Å². The van der Waals surface area contributed by atoms with E-state index in [0.717, 1.165) is 0 Å². The first-order valence-electron chi connectivity index (χ1n) is 6.93. The summed E-state index contributed by atoms with van der Waals surface area (Å²) in [4.78, 5) is 35.6. The largest absolute Gasteiger partial charge is 0.481 e. The number of rotatable bonds is 8. The van der Waals surface area contributed by atoms with E-state index in [1.807, 2.05) is 0 Å². The Kier molecular flexibility index (Phi) is 8.14. The van der Waals surface area contributed by atoms with Crippen LogP contribution in [0.3, 0.4) is 0 Å². The number of carbonyl (C=O) groups excluding carboxylic acids is 2. The maximum atomic E-state index is 11.8. The van der Waals surface area contributed by atoms with Crippen molar-refractivity contribution in [1.29, 1.82) is 0 Å². The zero-order valence-corrected chi connectivity index (χ0v) is 13.0. The van der Waals surface area contributed by atoms with Crippen LogP contribution in [-0.4, -0.2) is 71.6 Å². The summed E-state index contributed by atoms with van der Waals surface area (Å²) < 4.78 is 5.17. The molecular weight excluding hydrogens is 296 g/mol. The molecule has 2 N–H and O–H groups in total. The number of thioether (sulfide) groups is 1. The van der Waals surface area contributed by atoms with Crippen LogP contribution >= 0.6 is 11.8 Å². The molecule has 0 bridgehead atoms. The molecule has 1 heterocycles. The van der Waals surface area contributed by atoms with Gasteiger partial charge in [-0.2, -0.15) is 0 Å². The van der Waals surface area contributed by atoms with E-state index in [1.54, 1.807) is 11.8 Å². The Bertz CT molecular complexity index is 372. The lowest BCUT2D eigenvalue weighted by Gasteiger charge is -2.26. The summed E-state index contributed by atoms with van der Waals surface area (Å²) in [6.07, 6.45) is 0.433. The molecule has 2 amide bonds. The molecule has 0 aromatic rings. The molecule has 1 atom stereocenters. The summed E-state index contributed by atoms with van der Waals surface area (Å²) >= 11 is 1.27. The predicted molar refractivity (Wildman–Crippen MR) is 79.2 cm³/mol. The minimum Gasteiger partial charge on any atom is -0.481 e. The summed E-state index contributed by atoms with van der Waals surface area (Å²) in [5.74, 6) is -0.547. The third kappa shape index (κ3) is 7.91. The van der Waals surface area contributed by atoms with Gasteiger partial charge in [0, 0.05) is 25.6 Å². The highest BCUT2D eigenvalue weighted by Crippen LogP contribution is 2.05. The van der Waals surface area contributed by atoms with Gasteiger partial charge in [-0.3, -0.25) is 14.4 Å². The van der Waals surface area contributed by atoms with E-state index < -0.39 is 5.97 Å². The number of hydrogen-bond acceptors (Lipinski definition) is 5. The second kappa shape index (κ2) is 9.62. The van der Waals surface area contributed by atoms with E-state index in [-0.39, 0.29) is 35.8 Å². The predicted octanol–water partition coefficient (Wildman–Crippen LogP) is -0.0521. The summed E-state index contributed by atoms with van der Waals surface area (Å²) in [6.45, 7) is 4.12. The molecule has 1 aliphatic rings. The first-order chi connectivity index (χ1) is 9.99. The summed E-state index contributed by atoms with van der Waals surface area (Å²) in [5.41, 5.74) is 0. The van der Waals surface area contributed by atoms with Gasteiger partial charge in [-0.05, 0) is 13.3 Å². The Labute approximate surface area is 128 Å². The number of amides is 2. The smallest absolute Gasteiger partial charge is 0.303 e. The van der Waals surface area contributed by atoms with Crippen LogP contribution in [-0.2, 0) is 19.1 Å². The third-order valence-electron chi connectivity index (χ3n) is 3.02. The van der Waals surface area contributed by atoms with Crippen molar-refractivity contribution >= 4 is 29.5 Å². The van der Waals surface area contributed by atoms with Crippen LogP contribution in [0.15, 0.2) is 0 Å². The Morgan fingerprint density at radius 1 is 1.29 bits per heavy atom. The molecule has 1 unspecified atom stereocenters. The zero-order chi connectivity index (χ0) is 15.7. The fraction of sp³-hybridized carbons (Fsp3) is 0.769. The van der Waals surface area contributed by atoms with Crippen LogP contribution in [0.2, 0.25) is 0 Å². The molecule has 21 heavy (non-hydrogen) atoms. The van der Waals surface area contributed by atoms with E-state index in [9.17, 15) is 14.4 Å². The number of ether oxygens (including phenoxy) is 1. The van der Waals surface area contributed by atoms with Crippen LogP contribution < -0.4 is 5.32 Å². The topological polar surface area (TPSA) is 95.9 Å². The normalized spacial score (nSPS) is 16.3. The minimum absolute atomic E-state index is 0.0232. The number of aliphatic carboxylic acids is 1. The SMILES string of the molecule is CC(CCC(=O)O)NC(=O)CSCC(=O)N1CCOCC1. The number of carboxylic acids is 1. The lowest BCUT2D eigenvalue weighted by molar-refractivity contribution is -0.137. The van der Waals surface area contributed by atoms with Crippen LogP contribution in [0, 0.1) is 0 Å². The van der Waals surface area contributed by atoms with Crippen molar-refractivity contribution in [2.45, 2.75) is 25.8 Å². The van der Waals surface area contributed by atoms with Crippen molar-refractivity contribution < 1.29 is 24.2 Å². The molecule has 0 aromatic heterocycles. The molecule has 0 radical (unpaired) electrons. The molecule has 0 aliphatic carbocycles. The zero-order valence-electron chi connectivity index (χ0n) is 12.2. The second-order valence-corrected chi connectivity index (χ2v) is 5.87. The Hall–Kier alpha value is -1.28. The Balaban J connectivity index is 2.12. The molecule has 0 aromatic carbocycles. The number of morpholine rings is 1. The molecular formula is C13H22N2O5S. The van der Waals surface area contributed by atoms with Crippen molar-refractivity contribution in [2.24, 2.45) is 0 Å². The molecule has 120 valence electrons. The van der Waals surface area contributed by atoms with Gasteiger partial charge < -0.3 is 20.1 Å². The van der Waals surface area contributed by atoms with E-state index in [4.69, 9.17) is 9.84 Å². The average Bonchev–Trinajstić information content (AvgIpc) is 2.46. The number of carbonyl (C=O) groups is 3. The van der Waals surface area contributed by atoms with Crippen molar-refractivity contribution in [3.63, 3.8) is 0 Å². The maximum Gasteiger partial charge on any atom is 0.303 e. The Morgan fingerprint density at radius 3 is 2.57 bits per heavy atom. The molecule has 1 saturated heterocycles. The summed E-state index contributed by atoms with van der Waals surface area (Å²) in [6, 6.07) is -0.177. The van der Waals surface area contributed by atoms with E-state index >= 15 is 0 Å². The quantitative estimate of drug-likeness (QED) is 0.651. The monoisotopic (exact) mass is 318 g/mol. The van der Waals surface area contributed by atoms with Crippen LogP contribution in [0.25, 0.3) is 0 Å². The van der Waals surface area contributed by atoms with E-state index in [0.29, 0.717) is 32.7 Å². The highest BCUT2D eigenvalue weighted by Gasteiger charge is 2.17. The second-order valence-electron chi connectivity index (χ2n) is 4.89. The molecule has 7 nitrogen and oxygen atoms in total. The van der Waals surface area contributed by atoms with Gasteiger partial charge in [-0.25, -0.2) is 0 Å². The number of nitrogens with one attached hydrogen (secondary N) is 1. The van der Waals surface area contributed by atoms with Gasteiger partial charge in [-0.1, -0.05) is 0 Å². The lowest BCUT2D eigenvalue weighted by atomic mass is 10.2. The molecule has 8 heteroatoms. The first-order valence-corrected chi connectivity index (χ1v) is 8.09. The Morgan fingerprint density at radius 2 is 1.95 bits per heavy atom. The van der Waals surface area contributed by atoms with Gasteiger partial charge in [0.2, 0.25) is 11.8 Å².